The Kier molecular flexibility index (Phi) is 6.80. The van der Waals surface area contributed by atoms with Crippen molar-refractivity contribution in [3.05, 3.63) is 29.8 Å². The van der Waals surface area contributed by atoms with E-state index < -0.39 is 35.8 Å². The predicted molar refractivity (Wildman–Crippen MR) is 91.1 cm³/mol. The molecule has 26 heavy (non-hydrogen) atoms. The van der Waals surface area contributed by atoms with E-state index in [1.807, 2.05) is 0 Å². The molecule has 9 heteroatoms. The van der Waals surface area contributed by atoms with E-state index in [9.17, 15) is 22.8 Å². The summed E-state index contributed by atoms with van der Waals surface area (Å²) in [7, 11) is 1.52. The Balaban J connectivity index is 2.00. The molecule has 1 unspecified atom stereocenters. The number of hydrogen-bond acceptors (Lipinski definition) is 4. The molecule has 1 aromatic carbocycles. The Bertz CT molecular complexity index is 636. The molecule has 1 fully saturated rings. The van der Waals surface area contributed by atoms with Crippen LogP contribution >= 0.6 is 11.8 Å². The molecule has 0 radical (unpaired) electrons. The van der Waals surface area contributed by atoms with Crippen molar-refractivity contribution >= 4 is 23.6 Å². The predicted octanol–water partition coefficient (Wildman–Crippen LogP) is 3.18. The van der Waals surface area contributed by atoms with E-state index in [4.69, 9.17) is 9.84 Å². The van der Waals surface area contributed by atoms with Crippen molar-refractivity contribution in [2.75, 3.05) is 19.4 Å². The van der Waals surface area contributed by atoms with Crippen molar-refractivity contribution in [3.8, 4) is 5.75 Å². The summed E-state index contributed by atoms with van der Waals surface area (Å²) in [6, 6.07) is 5.75. The third-order valence-electron chi connectivity index (χ3n) is 4.23. The molecule has 0 bridgehead atoms. The van der Waals surface area contributed by atoms with Gasteiger partial charge in [0.2, 0.25) is 5.91 Å². The van der Waals surface area contributed by atoms with Crippen LogP contribution in [0.15, 0.2) is 24.3 Å². The van der Waals surface area contributed by atoms with Crippen LogP contribution < -0.4 is 4.74 Å². The molecule has 5 nitrogen and oxygen atoms in total. The summed E-state index contributed by atoms with van der Waals surface area (Å²) in [6.07, 6.45) is -4.13. The molecule has 0 spiro atoms. The lowest BCUT2D eigenvalue weighted by Crippen LogP contribution is -2.48. The lowest BCUT2D eigenvalue weighted by Gasteiger charge is -2.27. The molecule has 0 aliphatic carbocycles. The maximum atomic E-state index is 13.4. The van der Waals surface area contributed by atoms with Crippen LogP contribution in [-0.2, 0) is 15.3 Å². The summed E-state index contributed by atoms with van der Waals surface area (Å²) < 4.78 is 45.1. The highest BCUT2D eigenvalue weighted by Gasteiger charge is 2.49. The van der Waals surface area contributed by atoms with Gasteiger partial charge in [-0.25, -0.2) is 4.79 Å². The molecule has 1 amide bonds. The normalized spacial score (nSPS) is 18.6. The van der Waals surface area contributed by atoms with Crippen molar-refractivity contribution in [1.29, 1.82) is 0 Å². The van der Waals surface area contributed by atoms with Gasteiger partial charge in [0.15, 0.2) is 0 Å². The molecular weight excluding hydrogens is 371 g/mol. The zero-order valence-electron chi connectivity index (χ0n) is 14.2. The van der Waals surface area contributed by atoms with E-state index >= 15 is 0 Å². The average molecular weight is 391 g/mol. The summed E-state index contributed by atoms with van der Waals surface area (Å²) >= 11 is 0.996. The highest BCUT2D eigenvalue weighted by molar-refractivity contribution is 7.98. The molecular formula is C17H20F3NO4S. The minimum Gasteiger partial charge on any atom is -0.497 e. The largest absolute Gasteiger partial charge is 0.497 e. The molecule has 2 atom stereocenters. The molecule has 1 saturated heterocycles. The third-order valence-corrected chi connectivity index (χ3v) is 5.33. The number of nitrogens with zero attached hydrogens (tertiary/aromatic N) is 1. The molecule has 1 aromatic rings. The van der Waals surface area contributed by atoms with Crippen molar-refractivity contribution in [1.82, 2.24) is 4.90 Å². The molecule has 0 saturated carbocycles. The summed E-state index contributed by atoms with van der Waals surface area (Å²) in [5, 5.41) is 9.09. The number of carbonyl (C=O) groups is 2. The number of hydrogen-bond donors (Lipinski definition) is 1. The smallest absolute Gasteiger partial charge is 0.401 e. The molecule has 1 aliphatic heterocycles. The number of amides is 1. The number of benzene rings is 1. The van der Waals surface area contributed by atoms with Crippen LogP contribution in [0.25, 0.3) is 0 Å². The first kappa shape index (κ1) is 20.4. The van der Waals surface area contributed by atoms with E-state index in [1.165, 1.54) is 7.11 Å². The first-order valence-corrected chi connectivity index (χ1v) is 9.20. The fourth-order valence-electron chi connectivity index (χ4n) is 2.81. The van der Waals surface area contributed by atoms with Crippen LogP contribution in [-0.4, -0.2) is 53.5 Å². The molecule has 144 valence electrons. The number of rotatable bonds is 7. The lowest BCUT2D eigenvalue weighted by atomic mass is 10.1. The third kappa shape index (κ3) is 5.06. The van der Waals surface area contributed by atoms with Crippen LogP contribution in [0.5, 0.6) is 5.75 Å². The Hall–Kier alpha value is -1.90. The zero-order valence-corrected chi connectivity index (χ0v) is 15.0. The van der Waals surface area contributed by atoms with Gasteiger partial charge in [0.25, 0.3) is 0 Å². The monoisotopic (exact) mass is 391 g/mol. The summed E-state index contributed by atoms with van der Waals surface area (Å²) in [4.78, 5) is 24.4. The second-order valence-electron chi connectivity index (χ2n) is 5.99. The Morgan fingerprint density at radius 3 is 2.54 bits per heavy atom. The number of thioether (sulfide) groups is 1. The maximum Gasteiger partial charge on any atom is 0.401 e. The van der Waals surface area contributed by atoms with Crippen molar-refractivity contribution in [3.63, 3.8) is 0 Å². The number of likely N-dealkylation sites (tertiary alicyclic amines) is 1. The average Bonchev–Trinajstić information content (AvgIpc) is 3.07. The van der Waals surface area contributed by atoms with E-state index in [1.54, 1.807) is 24.3 Å². The first-order valence-electron chi connectivity index (χ1n) is 8.04. The number of alkyl halides is 3. The Morgan fingerprint density at radius 2 is 2.00 bits per heavy atom. The summed E-state index contributed by atoms with van der Waals surface area (Å²) in [5.74, 6) is -4.10. The quantitative estimate of drug-likeness (QED) is 0.773. The topological polar surface area (TPSA) is 66.8 Å². The van der Waals surface area contributed by atoms with Crippen LogP contribution in [0.1, 0.15) is 18.4 Å². The van der Waals surface area contributed by atoms with Gasteiger partial charge in [-0.05, 0) is 30.5 Å². The van der Waals surface area contributed by atoms with Gasteiger partial charge < -0.3 is 14.7 Å². The first-order chi connectivity index (χ1) is 12.2. The standard InChI is InChI=1S/C17H20F3NO4S/c1-25-12-6-4-11(5-7-12)9-26-10-13(17(18,19)20)15(22)21-8-2-3-14(21)16(23)24/h4-7,13-14H,2-3,8-10H2,1H3,(H,23,24)/t13?,14-/m0/s1. The molecule has 2 rings (SSSR count). The fourth-order valence-corrected chi connectivity index (χ4v) is 3.92. The number of carboxylic acids is 1. The van der Waals surface area contributed by atoms with E-state index in [0.717, 1.165) is 22.2 Å². The minimum atomic E-state index is -4.71. The van der Waals surface area contributed by atoms with Crippen LogP contribution in [0, 0.1) is 5.92 Å². The van der Waals surface area contributed by atoms with Gasteiger partial charge in [0, 0.05) is 18.1 Å². The van der Waals surface area contributed by atoms with Gasteiger partial charge in [-0.1, -0.05) is 12.1 Å². The molecule has 1 aliphatic rings. The van der Waals surface area contributed by atoms with Gasteiger partial charge >= 0.3 is 12.1 Å². The summed E-state index contributed by atoms with van der Waals surface area (Å²) in [5.41, 5.74) is 0.814. The van der Waals surface area contributed by atoms with Gasteiger partial charge in [0.1, 0.15) is 17.7 Å². The lowest BCUT2D eigenvalue weighted by molar-refractivity contribution is -0.186. The van der Waals surface area contributed by atoms with Gasteiger partial charge in [-0.2, -0.15) is 24.9 Å². The van der Waals surface area contributed by atoms with Crippen molar-refractivity contribution in [2.45, 2.75) is 30.8 Å². The number of carboxylic acid groups (broad SMARTS) is 1. The van der Waals surface area contributed by atoms with Crippen molar-refractivity contribution < 1.29 is 32.6 Å². The number of ether oxygens (including phenoxy) is 1. The van der Waals surface area contributed by atoms with Gasteiger partial charge in [0.05, 0.1) is 7.11 Å². The second-order valence-corrected chi connectivity index (χ2v) is 7.02. The van der Waals surface area contributed by atoms with Crippen LogP contribution in [0.2, 0.25) is 0 Å². The summed E-state index contributed by atoms with van der Waals surface area (Å²) in [6.45, 7) is 0.0471. The van der Waals surface area contributed by atoms with E-state index in [0.29, 0.717) is 17.9 Å². The molecule has 1 N–H and O–H groups in total. The Morgan fingerprint density at radius 1 is 1.35 bits per heavy atom. The molecule has 0 aromatic heterocycles. The zero-order chi connectivity index (χ0) is 19.3. The maximum absolute atomic E-state index is 13.4. The highest BCUT2D eigenvalue weighted by atomic mass is 32.2. The molecule has 1 heterocycles. The van der Waals surface area contributed by atoms with Crippen LogP contribution in [0.3, 0.4) is 0 Å². The number of halogens is 3. The minimum absolute atomic E-state index is 0.0471. The number of methoxy groups -OCH3 is 1. The Labute approximate surface area is 153 Å². The number of carbonyl (C=O) groups excluding carboxylic acids is 1. The highest BCUT2D eigenvalue weighted by Crippen LogP contribution is 2.34. The van der Waals surface area contributed by atoms with Gasteiger partial charge in [-0.3, -0.25) is 4.79 Å². The van der Waals surface area contributed by atoms with Gasteiger partial charge in [-0.15, -0.1) is 0 Å². The van der Waals surface area contributed by atoms with Crippen LogP contribution in [0.4, 0.5) is 13.2 Å². The van der Waals surface area contributed by atoms with E-state index in [2.05, 4.69) is 0 Å². The van der Waals surface area contributed by atoms with Crippen molar-refractivity contribution in [2.24, 2.45) is 5.92 Å². The second kappa shape index (κ2) is 8.66. The van der Waals surface area contributed by atoms with E-state index in [-0.39, 0.29) is 13.0 Å². The number of aliphatic carboxylic acids is 1. The SMILES string of the molecule is COc1ccc(CSCC(C(=O)N2CCC[C@H]2C(=O)O)C(F)(F)F)cc1. The fraction of sp³-hybridized carbons (Fsp3) is 0.529.